The largest absolute Gasteiger partial charge is 0.489 e. The highest BCUT2D eigenvalue weighted by atomic mass is 32.2. The molecule has 50 heavy (non-hydrogen) atoms. The maximum absolute atomic E-state index is 13.9. The molecule has 0 saturated carbocycles. The van der Waals surface area contributed by atoms with Gasteiger partial charge in [0.1, 0.15) is 18.5 Å². The smallest absolute Gasteiger partial charge is 0.407 e. The number of carbonyl (C=O) groups is 1. The maximum Gasteiger partial charge on any atom is 0.407 e. The van der Waals surface area contributed by atoms with Crippen LogP contribution in [0.5, 0.6) is 17.2 Å². The number of halogens is 2. The van der Waals surface area contributed by atoms with Crippen molar-refractivity contribution in [2.24, 2.45) is 11.8 Å². The molecule has 3 unspecified atom stereocenters. The van der Waals surface area contributed by atoms with Crippen molar-refractivity contribution in [1.29, 1.82) is 0 Å². The minimum Gasteiger partial charge on any atom is -0.489 e. The summed E-state index contributed by atoms with van der Waals surface area (Å²) in [5, 5.41) is 14.4. The first kappa shape index (κ1) is 35.8. The second-order valence-corrected chi connectivity index (χ2v) is 14.8. The Hall–Kier alpha value is -4.02. The van der Waals surface area contributed by atoms with Crippen LogP contribution in [0.15, 0.2) is 65.6 Å². The van der Waals surface area contributed by atoms with E-state index in [1.54, 1.807) is 24.3 Å². The van der Waals surface area contributed by atoms with Gasteiger partial charge in [0.05, 0.1) is 36.2 Å². The fourth-order valence-corrected chi connectivity index (χ4v) is 7.76. The predicted molar refractivity (Wildman–Crippen MR) is 174 cm³/mol. The topological polar surface area (TPSA) is 142 Å². The molecule has 0 aromatic heterocycles. The average molecular weight is 719 g/mol. The fraction of sp³-hybridized carbons (Fsp3) is 0.457. The molecule has 15 heteroatoms. The fourth-order valence-electron chi connectivity index (χ4n) is 6.13. The lowest BCUT2D eigenvalue weighted by molar-refractivity contribution is -0.0907. The molecule has 2 N–H and O–H groups in total. The summed E-state index contributed by atoms with van der Waals surface area (Å²) in [6.45, 7) is 4.16. The van der Waals surface area contributed by atoms with Crippen molar-refractivity contribution in [2.75, 3.05) is 33.1 Å². The number of aliphatic hydroxyl groups is 1. The Morgan fingerprint density at radius 1 is 0.980 bits per heavy atom. The molecule has 1 amide bonds. The Morgan fingerprint density at radius 3 is 2.50 bits per heavy atom. The van der Waals surface area contributed by atoms with Crippen LogP contribution >= 0.6 is 0 Å². The molecule has 3 heterocycles. The van der Waals surface area contributed by atoms with E-state index in [9.17, 15) is 27.1 Å². The summed E-state index contributed by atoms with van der Waals surface area (Å²) in [6, 6.07) is 13.7. The molecule has 0 radical (unpaired) electrons. The Balaban J connectivity index is 1.18. The molecule has 2 saturated heterocycles. The molecule has 3 aromatic rings. The van der Waals surface area contributed by atoms with Gasteiger partial charge in [-0.05, 0) is 66.3 Å². The third kappa shape index (κ3) is 8.46. The van der Waals surface area contributed by atoms with E-state index >= 15 is 0 Å². The van der Waals surface area contributed by atoms with Gasteiger partial charge in [0.25, 0.3) is 0 Å². The number of fused-ring (bicyclic) bond motifs is 2. The number of amides is 1. The van der Waals surface area contributed by atoms with E-state index in [-0.39, 0.29) is 56.2 Å². The Bertz CT molecular complexity index is 1760. The van der Waals surface area contributed by atoms with Gasteiger partial charge in [0.2, 0.25) is 16.8 Å². The minimum absolute atomic E-state index is 0.00653. The standard InChI is InChI=1S/C35H40F2N2O10S/c1-21(2)16-39(50(42,43)25-8-10-31-32(15-25)48-20-47-31)17-30(40)29(38-35(41)49-33-19-46-34-26(33)11-12-44-34)14-22-3-6-24(7-4-22)45-18-23-5-9-27(36)28(37)13-23/h3-10,13,15,21,26,29-30,33-34,40H,11-12,14,16-20H2,1-2H3,(H,38,41)/t26?,29-,30+,33?,34?/m0/s1. The molecule has 270 valence electrons. The molecule has 12 nitrogen and oxygen atoms in total. The number of sulfonamides is 1. The van der Waals surface area contributed by atoms with Crippen LogP contribution in [0.3, 0.4) is 0 Å². The van der Waals surface area contributed by atoms with Crippen molar-refractivity contribution in [1.82, 2.24) is 9.62 Å². The van der Waals surface area contributed by atoms with Gasteiger partial charge in [0, 0.05) is 19.2 Å². The monoisotopic (exact) mass is 718 g/mol. The van der Waals surface area contributed by atoms with Crippen molar-refractivity contribution < 1.29 is 55.5 Å². The average Bonchev–Trinajstić information content (AvgIpc) is 3.84. The lowest BCUT2D eigenvalue weighted by atomic mass is 10.0. The molecule has 3 aliphatic heterocycles. The van der Waals surface area contributed by atoms with Crippen LogP contribution in [0.2, 0.25) is 0 Å². The number of carbonyl (C=O) groups excluding carboxylic acids is 1. The second kappa shape index (κ2) is 15.5. The minimum atomic E-state index is -4.11. The first-order valence-corrected chi connectivity index (χ1v) is 17.8. The van der Waals surface area contributed by atoms with E-state index in [1.807, 2.05) is 13.8 Å². The molecule has 3 aliphatic rings. The van der Waals surface area contributed by atoms with Gasteiger partial charge in [-0.3, -0.25) is 0 Å². The summed E-state index contributed by atoms with van der Waals surface area (Å²) in [5.74, 6) is -0.909. The van der Waals surface area contributed by atoms with E-state index in [2.05, 4.69) is 5.32 Å². The summed E-state index contributed by atoms with van der Waals surface area (Å²) in [6.07, 6.45) is -2.32. The van der Waals surface area contributed by atoms with Gasteiger partial charge in [-0.1, -0.05) is 32.0 Å². The normalized spacial score (nSPS) is 20.9. The molecule has 2 fully saturated rings. The lowest BCUT2D eigenvalue weighted by Crippen LogP contribution is -2.51. The Kier molecular flexibility index (Phi) is 11.1. The Morgan fingerprint density at radius 2 is 1.74 bits per heavy atom. The van der Waals surface area contributed by atoms with E-state index in [1.165, 1.54) is 28.6 Å². The number of hydrogen-bond acceptors (Lipinski definition) is 10. The van der Waals surface area contributed by atoms with Crippen LogP contribution in [-0.4, -0.2) is 81.6 Å². The molecule has 0 bridgehead atoms. The van der Waals surface area contributed by atoms with Crippen LogP contribution in [0.25, 0.3) is 0 Å². The molecular formula is C35H40F2N2O10S. The predicted octanol–water partition coefficient (Wildman–Crippen LogP) is 4.38. The van der Waals surface area contributed by atoms with Gasteiger partial charge >= 0.3 is 6.09 Å². The summed E-state index contributed by atoms with van der Waals surface area (Å²) < 4.78 is 89.2. The SMILES string of the molecule is CC(C)CN(C[C@@H](O)[C@H](Cc1ccc(OCc2ccc(F)c(F)c2)cc1)NC(=O)OC1COC2OCCC12)S(=O)(=O)c1ccc2c(c1)OCO2. The summed E-state index contributed by atoms with van der Waals surface area (Å²) in [7, 11) is -4.11. The number of rotatable bonds is 14. The zero-order valence-electron chi connectivity index (χ0n) is 27.6. The number of ether oxygens (including phenoxy) is 6. The Labute approximate surface area is 289 Å². The summed E-state index contributed by atoms with van der Waals surface area (Å²) in [4.78, 5) is 13.2. The van der Waals surface area contributed by atoms with Crippen molar-refractivity contribution in [3.8, 4) is 17.2 Å². The van der Waals surface area contributed by atoms with Crippen molar-refractivity contribution in [3.05, 3.63) is 83.4 Å². The van der Waals surface area contributed by atoms with Crippen LogP contribution in [-0.2, 0) is 37.3 Å². The van der Waals surface area contributed by atoms with Crippen molar-refractivity contribution in [3.63, 3.8) is 0 Å². The van der Waals surface area contributed by atoms with Gasteiger partial charge in [0.15, 0.2) is 29.4 Å². The number of benzene rings is 3. The lowest BCUT2D eigenvalue weighted by Gasteiger charge is -2.31. The van der Waals surface area contributed by atoms with E-state index in [4.69, 9.17) is 28.4 Å². The summed E-state index contributed by atoms with van der Waals surface area (Å²) >= 11 is 0. The van der Waals surface area contributed by atoms with Gasteiger partial charge in [-0.25, -0.2) is 22.0 Å². The highest BCUT2D eigenvalue weighted by molar-refractivity contribution is 7.89. The highest BCUT2D eigenvalue weighted by Gasteiger charge is 2.44. The van der Waals surface area contributed by atoms with E-state index < -0.39 is 52.3 Å². The van der Waals surface area contributed by atoms with Crippen molar-refractivity contribution in [2.45, 2.75) is 62.7 Å². The molecular weight excluding hydrogens is 678 g/mol. The molecule has 0 spiro atoms. The zero-order valence-corrected chi connectivity index (χ0v) is 28.4. The van der Waals surface area contributed by atoms with Crippen LogP contribution < -0.4 is 19.5 Å². The summed E-state index contributed by atoms with van der Waals surface area (Å²) in [5.41, 5.74) is 1.14. The van der Waals surface area contributed by atoms with Gasteiger partial charge in [-0.2, -0.15) is 4.31 Å². The third-order valence-electron chi connectivity index (χ3n) is 8.72. The molecule has 3 aromatic carbocycles. The number of nitrogens with zero attached hydrogens (tertiary/aromatic N) is 1. The molecule has 6 rings (SSSR count). The highest BCUT2D eigenvalue weighted by Crippen LogP contribution is 2.35. The zero-order chi connectivity index (χ0) is 35.4. The first-order chi connectivity index (χ1) is 24.0. The number of hydrogen-bond donors (Lipinski definition) is 2. The van der Waals surface area contributed by atoms with Gasteiger partial charge in [-0.15, -0.1) is 0 Å². The molecule has 5 atom stereocenters. The number of nitrogens with one attached hydrogen (secondary N) is 1. The number of alkyl carbamates (subject to hydrolysis) is 1. The van der Waals surface area contributed by atoms with Crippen LogP contribution in [0.1, 0.15) is 31.4 Å². The number of aliphatic hydroxyl groups excluding tert-OH is 1. The van der Waals surface area contributed by atoms with Crippen LogP contribution in [0, 0.1) is 23.5 Å². The second-order valence-electron chi connectivity index (χ2n) is 12.9. The van der Waals surface area contributed by atoms with E-state index in [0.717, 1.165) is 12.1 Å². The van der Waals surface area contributed by atoms with Crippen LogP contribution in [0.4, 0.5) is 13.6 Å². The first-order valence-electron chi connectivity index (χ1n) is 16.4. The quantitative estimate of drug-likeness (QED) is 0.247. The van der Waals surface area contributed by atoms with E-state index in [0.29, 0.717) is 41.4 Å². The third-order valence-corrected chi connectivity index (χ3v) is 10.5. The van der Waals surface area contributed by atoms with Gasteiger partial charge < -0.3 is 38.8 Å². The maximum atomic E-state index is 13.9. The molecule has 0 aliphatic carbocycles. The van der Waals surface area contributed by atoms with Crippen molar-refractivity contribution >= 4 is 16.1 Å².